The third-order valence-electron chi connectivity index (χ3n) is 3.45. The van der Waals surface area contributed by atoms with Gasteiger partial charge in [-0.3, -0.25) is 4.79 Å². The Labute approximate surface area is 95.9 Å². The second-order valence-corrected chi connectivity index (χ2v) is 5.15. The van der Waals surface area contributed by atoms with Crippen LogP contribution < -0.4 is 0 Å². The van der Waals surface area contributed by atoms with E-state index >= 15 is 0 Å². The number of benzene rings is 1. The molecular formula is C14H15NO. The Kier molecular flexibility index (Phi) is 2.55. The summed E-state index contributed by atoms with van der Waals surface area (Å²) in [4.78, 5) is 11.8. The van der Waals surface area contributed by atoms with Gasteiger partial charge in [0.15, 0.2) is 0 Å². The van der Waals surface area contributed by atoms with Crippen LogP contribution >= 0.6 is 0 Å². The number of Topliss-reactive ketones (excluding diaryl/α,β-unsaturated/α-hetero) is 1. The zero-order chi connectivity index (χ0) is 11.8. The SMILES string of the molecule is CC1(C)C[C@@H](c2ccc(C#N)cc2)CC1=O. The van der Waals surface area contributed by atoms with Crippen LogP contribution in [0.2, 0.25) is 0 Å². The largest absolute Gasteiger partial charge is 0.299 e. The molecule has 1 aromatic carbocycles. The third kappa shape index (κ3) is 1.86. The molecule has 16 heavy (non-hydrogen) atoms. The highest BCUT2D eigenvalue weighted by Crippen LogP contribution is 2.43. The van der Waals surface area contributed by atoms with Crippen LogP contribution in [-0.2, 0) is 4.79 Å². The van der Waals surface area contributed by atoms with E-state index in [1.165, 1.54) is 5.56 Å². The highest BCUT2D eigenvalue weighted by atomic mass is 16.1. The molecule has 0 heterocycles. The molecule has 0 bridgehead atoms. The summed E-state index contributed by atoms with van der Waals surface area (Å²) in [6.45, 7) is 4.03. The fraction of sp³-hybridized carbons (Fsp3) is 0.429. The smallest absolute Gasteiger partial charge is 0.139 e. The van der Waals surface area contributed by atoms with Crippen molar-refractivity contribution in [3.05, 3.63) is 35.4 Å². The third-order valence-corrected chi connectivity index (χ3v) is 3.45. The first-order valence-corrected chi connectivity index (χ1v) is 5.56. The van der Waals surface area contributed by atoms with Crippen molar-refractivity contribution in [1.29, 1.82) is 5.26 Å². The molecule has 0 spiro atoms. The number of nitriles is 1. The lowest BCUT2D eigenvalue weighted by molar-refractivity contribution is -0.124. The van der Waals surface area contributed by atoms with Gasteiger partial charge in [0.25, 0.3) is 0 Å². The molecule has 0 unspecified atom stereocenters. The molecule has 2 nitrogen and oxygen atoms in total. The van der Waals surface area contributed by atoms with Crippen molar-refractivity contribution in [3.63, 3.8) is 0 Å². The molecule has 1 aromatic rings. The summed E-state index contributed by atoms with van der Waals surface area (Å²) in [5, 5.41) is 8.71. The Bertz CT molecular complexity index is 451. The van der Waals surface area contributed by atoms with Crippen molar-refractivity contribution in [2.24, 2.45) is 5.41 Å². The number of hydrogen-bond donors (Lipinski definition) is 0. The second kappa shape index (κ2) is 3.75. The highest BCUT2D eigenvalue weighted by Gasteiger charge is 2.39. The van der Waals surface area contributed by atoms with Crippen molar-refractivity contribution >= 4 is 5.78 Å². The summed E-state index contributed by atoms with van der Waals surface area (Å²) >= 11 is 0. The molecule has 0 N–H and O–H groups in total. The van der Waals surface area contributed by atoms with Gasteiger partial charge in [0, 0.05) is 11.8 Å². The molecule has 1 atom stereocenters. The Morgan fingerprint density at radius 1 is 1.31 bits per heavy atom. The van der Waals surface area contributed by atoms with E-state index in [0.717, 1.165) is 6.42 Å². The lowest BCUT2D eigenvalue weighted by atomic mass is 9.88. The standard InChI is InChI=1S/C14H15NO/c1-14(2)8-12(7-13(14)16)11-5-3-10(9-15)4-6-11/h3-6,12H,7-8H2,1-2H3/t12-/m0/s1. The predicted molar refractivity (Wildman–Crippen MR) is 61.9 cm³/mol. The van der Waals surface area contributed by atoms with Gasteiger partial charge in [-0.1, -0.05) is 26.0 Å². The summed E-state index contributed by atoms with van der Waals surface area (Å²) in [7, 11) is 0. The van der Waals surface area contributed by atoms with Gasteiger partial charge >= 0.3 is 0 Å². The molecule has 82 valence electrons. The Morgan fingerprint density at radius 3 is 2.38 bits per heavy atom. The fourth-order valence-electron chi connectivity index (χ4n) is 2.37. The monoisotopic (exact) mass is 213 g/mol. The minimum atomic E-state index is -0.182. The number of carbonyl (C=O) groups is 1. The van der Waals surface area contributed by atoms with Crippen LogP contribution in [0.5, 0.6) is 0 Å². The average Bonchev–Trinajstić information content (AvgIpc) is 2.54. The molecule has 0 amide bonds. The summed E-state index contributed by atoms with van der Waals surface area (Å²) in [5.41, 5.74) is 1.67. The topological polar surface area (TPSA) is 40.9 Å². The first-order valence-electron chi connectivity index (χ1n) is 5.56. The maximum atomic E-state index is 11.8. The summed E-state index contributed by atoms with van der Waals surface area (Å²) in [6.07, 6.45) is 1.55. The molecule has 0 saturated heterocycles. The summed E-state index contributed by atoms with van der Waals surface area (Å²) < 4.78 is 0. The zero-order valence-electron chi connectivity index (χ0n) is 9.66. The second-order valence-electron chi connectivity index (χ2n) is 5.15. The normalized spacial score (nSPS) is 23.1. The lowest BCUT2D eigenvalue weighted by Crippen LogP contribution is -2.15. The lowest BCUT2D eigenvalue weighted by Gasteiger charge is -2.15. The van der Waals surface area contributed by atoms with Crippen LogP contribution in [0.1, 0.15) is 43.7 Å². The Morgan fingerprint density at radius 2 is 1.94 bits per heavy atom. The first kappa shape index (κ1) is 10.9. The molecule has 1 aliphatic carbocycles. The quantitative estimate of drug-likeness (QED) is 0.719. The van der Waals surface area contributed by atoms with E-state index in [2.05, 4.69) is 6.07 Å². The van der Waals surface area contributed by atoms with Gasteiger partial charge < -0.3 is 0 Å². The molecule has 2 rings (SSSR count). The van der Waals surface area contributed by atoms with Crippen molar-refractivity contribution in [2.45, 2.75) is 32.6 Å². The van der Waals surface area contributed by atoms with Gasteiger partial charge in [-0.15, -0.1) is 0 Å². The van der Waals surface area contributed by atoms with Gasteiger partial charge in [0.1, 0.15) is 5.78 Å². The number of hydrogen-bond acceptors (Lipinski definition) is 2. The van der Waals surface area contributed by atoms with Crippen LogP contribution in [0.25, 0.3) is 0 Å². The minimum absolute atomic E-state index is 0.182. The fourth-order valence-corrected chi connectivity index (χ4v) is 2.37. The Balaban J connectivity index is 2.21. The molecule has 1 fully saturated rings. The highest BCUT2D eigenvalue weighted by molar-refractivity contribution is 5.87. The average molecular weight is 213 g/mol. The number of rotatable bonds is 1. The van der Waals surface area contributed by atoms with Gasteiger partial charge in [0.2, 0.25) is 0 Å². The zero-order valence-corrected chi connectivity index (χ0v) is 9.66. The van der Waals surface area contributed by atoms with Crippen LogP contribution in [0.4, 0.5) is 0 Å². The van der Waals surface area contributed by atoms with E-state index in [1.807, 2.05) is 38.1 Å². The van der Waals surface area contributed by atoms with Crippen LogP contribution in [0.3, 0.4) is 0 Å². The number of ketones is 1. The maximum absolute atomic E-state index is 11.8. The van der Waals surface area contributed by atoms with Crippen molar-refractivity contribution in [3.8, 4) is 6.07 Å². The predicted octanol–water partition coefficient (Wildman–Crippen LogP) is 3.03. The van der Waals surface area contributed by atoms with Crippen molar-refractivity contribution < 1.29 is 4.79 Å². The van der Waals surface area contributed by atoms with Gasteiger partial charge in [-0.2, -0.15) is 5.26 Å². The van der Waals surface area contributed by atoms with E-state index in [4.69, 9.17) is 5.26 Å². The van der Waals surface area contributed by atoms with Gasteiger partial charge in [0.05, 0.1) is 11.6 Å². The molecule has 1 saturated carbocycles. The number of carbonyl (C=O) groups excluding carboxylic acids is 1. The maximum Gasteiger partial charge on any atom is 0.139 e. The molecule has 0 aromatic heterocycles. The van der Waals surface area contributed by atoms with E-state index in [9.17, 15) is 4.79 Å². The Hall–Kier alpha value is -1.62. The summed E-state index contributed by atoms with van der Waals surface area (Å²) in [5.74, 6) is 0.678. The minimum Gasteiger partial charge on any atom is -0.299 e. The van der Waals surface area contributed by atoms with E-state index in [1.54, 1.807) is 0 Å². The summed E-state index contributed by atoms with van der Waals surface area (Å²) in [6, 6.07) is 9.69. The van der Waals surface area contributed by atoms with Crippen molar-refractivity contribution in [1.82, 2.24) is 0 Å². The van der Waals surface area contributed by atoms with Crippen molar-refractivity contribution in [2.75, 3.05) is 0 Å². The molecule has 1 aliphatic rings. The van der Waals surface area contributed by atoms with Gasteiger partial charge in [-0.25, -0.2) is 0 Å². The van der Waals surface area contributed by atoms with Gasteiger partial charge in [-0.05, 0) is 30.0 Å². The van der Waals surface area contributed by atoms with Crippen LogP contribution in [-0.4, -0.2) is 5.78 Å². The molecule has 2 heteroatoms. The first-order chi connectivity index (χ1) is 7.53. The van der Waals surface area contributed by atoms with E-state index in [0.29, 0.717) is 23.7 Å². The number of nitrogens with zero attached hydrogens (tertiary/aromatic N) is 1. The van der Waals surface area contributed by atoms with E-state index in [-0.39, 0.29) is 5.41 Å². The molecular weight excluding hydrogens is 198 g/mol. The van der Waals surface area contributed by atoms with Crippen LogP contribution in [0, 0.1) is 16.7 Å². The van der Waals surface area contributed by atoms with Crippen LogP contribution in [0.15, 0.2) is 24.3 Å². The van der Waals surface area contributed by atoms with E-state index < -0.39 is 0 Å². The molecule has 0 radical (unpaired) electrons. The molecule has 0 aliphatic heterocycles.